The van der Waals surface area contributed by atoms with Gasteiger partial charge in [0, 0.05) is 37.8 Å². The molecule has 8 nitrogen and oxygen atoms in total. The lowest BCUT2D eigenvalue weighted by atomic mass is 10.1. The summed E-state index contributed by atoms with van der Waals surface area (Å²) >= 11 is 0. The molecule has 0 spiro atoms. The molecule has 1 amide bonds. The second-order valence-electron chi connectivity index (χ2n) is 5.79. The minimum absolute atomic E-state index is 0. The number of hydrogen-bond acceptors (Lipinski definition) is 6. The topological polar surface area (TPSA) is 100 Å². The molecule has 0 aliphatic carbocycles. The fraction of sp³-hybridized carbons (Fsp3) is 0.438. The number of carbonyl (C=O) groups is 2. The summed E-state index contributed by atoms with van der Waals surface area (Å²) in [5.41, 5.74) is 2.72. The van der Waals surface area contributed by atoms with Crippen LogP contribution in [0.3, 0.4) is 0 Å². The Balaban J connectivity index is 0.00000225. The van der Waals surface area contributed by atoms with Crippen LogP contribution in [-0.2, 0) is 24.2 Å². The number of halogens is 1. The van der Waals surface area contributed by atoms with Crippen LogP contribution in [-0.4, -0.2) is 47.7 Å². The molecule has 25 heavy (non-hydrogen) atoms. The summed E-state index contributed by atoms with van der Waals surface area (Å²) in [7, 11) is 2.99. The van der Waals surface area contributed by atoms with Crippen molar-refractivity contribution >= 4 is 24.3 Å². The first-order valence-electron chi connectivity index (χ1n) is 7.71. The molecule has 9 heteroatoms. The monoisotopic (exact) mass is 368 g/mol. The number of aromatic nitrogens is 2. The van der Waals surface area contributed by atoms with Crippen molar-refractivity contribution in [3.63, 3.8) is 0 Å². The molecular weight excluding hydrogens is 348 g/mol. The average Bonchev–Trinajstić information content (AvgIpc) is 3.17. The SMILES string of the molecule is COC(=O)c1cc(CN(C)C(=O)c2n[nH]c3c2CNCC3)oc1C.Cl. The van der Waals surface area contributed by atoms with Crippen molar-refractivity contribution < 1.29 is 18.7 Å². The molecule has 1 aliphatic heterocycles. The molecule has 2 N–H and O–H groups in total. The third-order valence-corrected chi connectivity index (χ3v) is 4.12. The number of esters is 1. The molecular formula is C16H21ClN4O4. The standard InChI is InChI=1S/C16H20N4O4.ClH/c1-9-11(16(22)23-3)6-10(24-9)8-20(2)15(21)14-12-7-17-5-4-13(12)18-19-14;/h6,17H,4-5,7-8H2,1-3H3,(H,18,19);1H. The Morgan fingerprint density at radius 3 is 2.92 bits per heavy atom. The van der Waals surface area contributed by atoms with Crippen molar-refractivity contribution in [2.45, 2.75) is 26.4 Å². The van der Waals surface area contributed by atoms with Crippen LogP contribution in [0.4, 0.5) is 0 Å². The van der Waals surface area contributed by atoms with Gasteiger partial charge in [0.2, 0.25) is 0 Å². The van der Waals surface area contributed by atoms with E-state index in [4.69, 9.17) is 9.15 Å². The van der Waals surface area contributed by atoms with Gasteiger partial charge >= 0.3 is 5.97 Å². The van der Waals surface area contributed by atoms with Gasteiger partial charge in [0.15, 0.2) is 5.69 Å². The van der Waals surface area contributed by atoms with Crippen molar-refractivity contribution in [3.05, 3.63) is 40.1 Å². The van der Waals surface area contributed by atoms with E-state index in [0.717, 1.165) is 24.2 Å². The number of aryl methyl sites for hydroxylation is 1. The number of fused-ring (bicyclic) bond motifs is 1. The number of nitrogens with one attached hydrogen (secondary N) is 2. The van der Waals surface area contributed by atoms with Crippen molar-refractivity contribution in [2.75, 3.05) is 20.7 Å². The van der Waals surface area contributed by atoms with Crippen LogP contribution < -0.4 is 5.32 Å². The van der Waals surface area contributed by atoms with Crippen molar-refractivity contribution in [2.24, 2.45) is 0 Å². The molecule has 1 aliphatic rings. The number of methoxy groups -OCH3 is 1. The van der Waals surface area contributed by atoms with E-state index in [9.17, 15) is 9.59 Å². The average molecular weight is 369 g/mol. The number of amides is 1. The van der Waals surface area contributed by atoms with Crippen LogP contribution in [0.1, 0.15) is 43.6 Å². The van der Waals surface area contributed by atoms with Gasteiger partial charge < -0.3 is 19.4 Å². The summed E-state index contributed by atoms with van der Waals surface area (Å²) in [6.45, 7) is 3.44. The van der Waals surface area contributed by atoms with Crippen molar-refractivity contribution in [1.82, 2.24) is 20.4 Å². The highest BCUT2D eigenvalue weighted by Gasteiger charge is 2.25. The summed E-state index contributed by atoms with van der Waals surface area (Å²) in [6, 6.07) is 1.60. The number of carbonyl (C=O) groups excluding carboxylic acids is 2. The zero-order valence-electron chi connectivity index (χ0n) is 14.3. The second kappa shape index (κ2) is 7.71. The summed E-state index contributed by atoms with van der Waals surface area (Å²) < 4.78 is 10.3. The first-order chi connectivity index (χ1) is 11.5. The number of hydrogen-bond donors (Lipinski definition) is 2. The Morgan fingerprint density at radius 1 is 1.44 bits per heavy atom. The number of ether oxygens (including phenoxy) is 1. The maximum atomic E-state index is 12.6. The lowest BCUT2D eigenvalue weighted by molar-refractivity contribution is 0.0598. The zero-order chi connectivity index (χ0) is 17.3. The molecule has 0 bridgehead atoms. The van der Waals surface area contributed by atoms with Gasteiger partial charge in [-0.3, -0.25) is 9.89 Å². The van der Waals surface area contributed by atoms with E-state index >= 15 is 0 Å². The van der Waals surface area contributed by atoms with Gasteiger partial charge in [0.1, 0.15) is 17.1 Å². The minimum Gasteiger partial charge on any atom is -0.465 e. The molecule has 3 heterocycles. The van der Waals surface area contributed by atoms with Gasteiger partial charge in [0.25, 0.3) is 5.91 Å². The first kappa shape index (κ1) is 19.0. The molecule has 0 fully saturated rings. The Kier molecular flexibility index (Phi) is 5.86. The van der Waals surface area contributed by atoms with Gasteiger partial charge in [0.05, 0.1) is 13.7 Å². The number of rotatable bonds is 4. The molecule has 0 aromatic carbocycles. The Bertz CT molecular complexity index is 783. The summed E-state index contributed by atoms with van der Waals surface area (Å²) in [5.74, 6) is 0.346. The quantitative estimate of drug-likeness (QED) is 0.792. The molecule has 136 valence electrons. The molecule has 2 aromatic rings. The van der Waals surface area contributed by atoms with Crippen LogP contribution in [0, 0.1) is 6.92 Å². The highest BCUT2D eigenvalue weighted by molar-refractivity contribution is 5.94. The molecule has 0 unspecified atom stereocenters. The van der Waals surface area contributed by atoms with Crippen LogP contribution in [0.5, 0.6) is 0 Å². The van der Waals surface area contributed by atoms with E-state index in [1.54, 1.807) is 20.0 Å². The molecule has 0 saturated carbocycles. The van der Waals surface area contributed by atoms with E-state index in [-0.39, 0.29) is 24.9 Å². The lowest BCUT2D eigenvalue weighted by Crippen LogP contribution is -2.29. The summed E-state index contributed by atoms with van der Waals surface area (Å²) in [4.78, 5) is 25.8. The number of furan rings is 1. The Hall–Kier alpha value is -2.32. The van der Waals surface area contributed by atoms with Crippen LogP contribution in [0.15, 0.2) is 10.5 Å². The van der Waals surface area contributed by atoms with Crippen LogP contribution in [0.2, 0.25) is 0 Å². The van der Waals surface area contributed by atoms with Gasteiger partial charge in [-0.2, -0.15) is 5.10 Å². The first-order valence-corrected chi connectivity index (χ1v) is 7.71. The highest BCUT2D eigenvalue weighted by atomic mass is 35.5. The molecule has 2 aromatic heterocycles. The zero-order valence-corrected chi connectivity index (χ0v) is 15.2. The summed E-state index contributed by atoms with van der Waals surface area (Å²) in [6.07, 6.45) is 0.833. The molecule has 0 radical (unpaired) electrons. The van der Waals surface area contributed by atoms with Gasteiger partial charge in [-0.1, -0.05) is 0 Å². The van der Waals surface area contributed by atoms with Gasteiger partial charge in [-0.25, -0.2) is 4.79 Å². The largest absolute Gasteiger partial charge is 0.465 e. The van der Waals surface area contributed by atoms with Crippen molar-refractivity contribution in [1.29, 1.82) is 0 Å². The van der Waals surface area contributed by atoms with E-state index in [1.807, 2.05) is 0 Å². The predicted octanol–water partition coefficient (Wildman–Crippen LogP) is 1.44. The summed E-state index contributed by atoms with van der Waals surface area (Å²) in [5, 5.41) is 10.3. The Labute approximate surface area is 151 Å². The predicted molar refractivity (Wildman–Crippen MR) is 91.8 cm³/mol. The normalized spacial score (nSPS) is 12.9. The lowest BCUT2D eigenvalue weighted by Gasteiger charge is -2.17. The van der Waals surface area contributed by atoms with E-state index in [0.29, 0.717) is 29.3 Å². The van der Waals surface area contributed by atoms with Crippen molar-refractivity contribution in [3.8, 4) is 0 Å². The molecule has 0 atom stereocenters. The van der Waals surface area contributed by atoms with Crippen LogP contribution >= 0.6 is 12.4 Å². The number of aromatic amines is 1. The van der Waals surface area contributed by atoms with Crippen LogP contribution in [0.25, 0.3) is 0 Å². The fourth-order valence-electron chi connectivity index (χ4n) is 2.82. The minimum atomic E-state index is -0.455. The molecule has 3 rings (SSSR count). The van der Waals surface area contributed by atoms with E-state index in [2.05, 4.69) is 15.5 Å². The maximum absolute atomic E-state index is 12.6. The Morgan fingerprint density at radius 2 is 2.20 bits per heavy atom. The number of nitrogens with zero attached hydrogens (tertiary/aromatic N) is 2. The fourth-order valence-corrected chi connectivity index (χ4v) is 2.82. The van der Waals surface area contributed by atoms with E-state index in [1.165, 1.54) is 12.0 Å². The highest BCUT2D eigenvalue weighted by Crippen LogP contribution is 2.20. The third kappa shape index (κ3) is 3.69. The van der Waals surface area contributed by atoms with E-state index < -0.39 is 5.97 Å². The van der Waals surface area contributed by atoms with Gasteiger partial charge in [-0.05, 0) is 13.0 Å². The maximum Gasteiger partial charge on any atom is 0.341 e. The molecule has 0 saturated heterocycles. The second-order valence-corrected chi connectivity index (χ2v) is 5.79. The smallest absolute Gasteiger partial charge is 0.341 e. The number of H-pyrrole nitrogens is 1. The third-order valence-electron chi connectivity index (χ3n) is 4.12. The van der Waals surface area contributed by atoms with Gasteiger partial charge in [-0.15, -0.1) is 12.4 Å².